The van der Waals surface area contributed by atoms with Crippen molar-refractivity contribution >= 4 is 24.1 Å². The minimum atomic E-state index is -2.18. The van der Waals surface area contributed by atoms with E-state index in [0.717, 1.165) is 0 Å². The Hall–Kier alpha value is -3.14. The number of rotatable bonds is 13. The first-order valence-corrected chi connectivity index (χ1v) is 12.2. The monoisotopic (exact) mass is 509 g/mol. The average molecular weight is 510 g/mol. The molecule has 2 N–H and O–H groups in total. The second kappa shape index (κ2) is 13.8. The Bertz CT molecular complexity index is 922. The zero-order chi connectivity index (χ0) is 27.5. The molecule has 0 aliphatic rings. The summed E-state index contributed by atoms with van der Waals surface area (Å²) in [7, 11) is 0. The second-order valence-corrected chi connectivity index (χ2v) is 9.56. The highest BCUT2D eigenvalue weighted by Crippen LogP contribution is 2.32. The quantitative estimate of drug-likeness (QED) is 0.217. The standard InChI is InChI=1S/C26H39NO9/c1-8-11-21(28)33-19-14-13-18(15-20(19)34-22(29)12-9-2)16-26(23(30)31,27-17(4)10-3)36-24(32)35-25(5,6)7/h13-15,17,27H,8-12,16H2,1-7H3,(H,30,31)/t17?,26-/m0/s1. The summed E-state index contributed by atoms with van der Waals surface area (Å²) in [6, 6.07) is 4.00. The van der Waals surface area contributed by atoms with Gasteiger partial charge in [0.15, 0.2) is 11.5 Å². The smallest absolute Gasteiger partial charge is 0.477 e. The number of carboxylic acid groups (broad SMARTS) is 1. The van der Waals surface area contributed by atoms with Crippen molar-refractivity contribution in [3.8, 4) is 11.5 Å². The van der Waals surface area contributed by atoms with Gasteiger partial charge in [-0.2, -0.15) is 0 Å². The van der Waals surface area contributed by atoms with Gasteiger partial charge in [0.25, 0.3) is 5.72 Å². The molecule has 0 aliphatic carbocycles. The van der Waals surface area contributed by atoms with Crippen LogP contribution in [0.15, 0.2) is 18.2 Å². The highest BCUT2D eigenvalue weighted by atomic mass is 16.8. The molecule has 36 heavy (non-hydrogen) atoms. The minimum absolute atomic E-state index is 0.0319. The number of hydrogen-bond donors (Lipinski definition) is 2. The lowest BCUT2D eigenvalue weighted by Crippen LogP contribution is -2.60. The van der Waals surface area contributed by atoms with E-state index in [1.807, 2.05) is 20.8 Å². The molecule has 0 bridgehead atoms. The molecule has 1 rings (SSSR count). The molecule has 0 aliphatic heterocycles. The summed E-state index contributed by atoms with van der Waals surface area (Å²) in [6.07, 6.45) is 0.519. The first-order chi connectivity index (χ1) is 16.7. The SMILES string of the molecule is CCCC(=O)Oc1ccc(C[C@](NC(C)CC)(OC(=O)OC(C)(C)C)C(=O)O)cc1OC(=O)CCC. The number of hydrogen-bond acceptors (Lipinski definition) is 9. The number of carbonyl (C=O) groups is 4. The van der Waals surface area contributed by atoms with Crippen molar-refractivity contribution in [2.75, 3.05) is 0 Å². The third kappa shape index (κ3) is 10.2. The van der Waals surface area contributed by atoms with Crippen LogP contribution in [0.25, 0.3) is 0 Å². The van der Waals surface area contributed by atoms with Gasteiger partial charge in [-0.05, 0) is 64.7 Å². The third-order valence-corrected chi connectivity index (χ3v) is 4.90. The summed E-state index contributed by atoms with van der Waals surface area (Å²) < 4.78 is 21.3. The van der Waals surface area contributed by atoms with Crippen LogP contribution in [0.1, 0.15) is 86.1 Å². The number of esters is 2. The highest BCUT2D eigenvalue weighted by Gasteiger charge is 2.45. The number of nitrogens with one attached hydrogen (secondary N) is 1. The number of carboxylic acids is 1. The van der Waals surface area contributed by atoms with E-state index >= 15 is 0 Å². The molecule has 0 aromatic heterocycles. The van der Waals surface area contributed by atoms with Gasteiger partial charge in [-0.1, -0.05) is 26.8 Å². The van der Waals surface area contributed by atoms with E-state index in [-0.39, 0.29) is 36.8 Å². The Morgan fingerprint density at radius 2 is 1.47 bits per heavy atom. The van der Waals surface area contributed by atoms with E-state index in [0.29, 0.717) is 24.8 Å². The maximum absolute atomic E-state index is 12.5. The number of benzene rings is 1. The van der Waals surface area contributed by atoms with Crippen molar-refractivity contribution in [2.45, 2.75) is 104 Å². The van der Waals surface area contributed by atoms with Crippen LogP contribution in [-0.2, 0) is 30.3 Å². The van der Waals surface area contributed by atoms with Gasteiger partial charge in [0.1, 0.15) is 5.60 Å². The summed E-state index contributed by atoms with van der Waals surface area (Å²) in [5.74, 6) is -2.46. The van der Waals surface area contributed by atoms with Gasteiger partial charge in [0, 0.05) is 25.3 Å². The van der Waals surface area contributed by atoms with E-state index in [2.05, 4.69) is 5.32 Å². The zero-order valence-electron chi connectivity index (χ0n) is 22.3. The number of carbonyl (C=O) groups excluding carboxylic acids is 3. The fourth-order valence-electron chi connectivity index (χ4n) is 3.08. The first-order valence-electron chi connectivity index (χ1n) is 12.2. The van der Waals surface area contributed by atoms with E-state index in [4.69, 9.17) is 18.9 Å². The molecule has 0 saturated carbocycles. The summed E-state index contributed by atoms with van der Waals surface area (Å²) in [5.41, 5.74) is -2.73. The molecule has 0 spiro atoms. The topological polar surface area (TPSA) is 137 Å². The molecule has 10 heteroatoms. The first kappa shape index (κ1) is 30.9. The van der Waals surface area contributed by atoms with Crippen LogP contribution >= 0.6 is 0 Å². The summed E-state index contributed by atoms with van der Waals surface area (Å²) in [5, 5.41) is 13.0. The Balaban J connectivity index is 3.44. The van der Waals surface area contributed by atoms with E-state index in [1.54, 1.807) is 27.7 Å². The van der Waals surface area contributed by atoms with Crippen molar-refractivity contribution in [1.82, 2.24) is 5.32 Å². The Morgan fingerprint density at radius 1 is 0.917 bits per heavy atom. The summed E-state index contributed by atoms with van der Waals surface area (Å²) >= 11 is 0. The molecule has 1 aromatic carbocycles. The lowest BCUT2D eigenvalue weighted by molar-refractivity contribution is -0.169. The van der Waals surface area contributed by atoms with Gasteiger partial charge in [0.05, 0.1) is 0 Å². The van der Waals surface area contributed by atoms with Crippen LogP contribution in [0.3, 0.4) is 0 Å². The highest BCUT2D eigenvalue weighted by molar-refractivity contribution is 5.81. The van der Waals surface area contributed by atoms with Crippen molar-refractivity contribution in [3.05, 3.63) is 23.8 Å². The predicted octanol–water partition coefficient (Wildman–Crippen LogP) is 4.76. The van der Waals surface area contributed by atoms with Gasteiger partial charge in [-0.25, -0.2) is 9.59 Å². The molecular weight excluding hydrogens is 470 g/mol. The predicted molar refractivity (Wildman–Crippen MR) is 132 cm³/mol. The normalized spacial score (nSPS) is 13.8. The summed E-state index contributed by atoms with van der Waals surface area (Å²) in [6.45, 7) is 12.1. The molecule has 0 fully saturated rings. The molecule has 202 valence electrons. The van der Waals surface area contributed by atoms with Gasteiger partial charge in [0.2, 0.25) is 0 Å². The number of aliphatic carboxylic acids is 1. The number of ether oxygens (including phenoxy) is 4. The third-order valence-electron chi connectivity index (χ3n) is 4.90. The van der Waals surface area contributed by atoms with Crippen molar-refractivity contribution in [1.29, 1.82) is 0 Å². The molecule has 1 unspecified atom stereocenters. The van der Waals surface area contributed by atoms with Crippen LogP contribution in [0.2, 0.25) is 0 Å². The van der Waals surface area contributed by atoms with E-state index < -0.39 is 35.4 Å². The largest absolute Gasteiger partial charge is 0.511 e. The van der Waals surface area contributed by atoms with E-state index in [1.165, 1.54) is 18.2 Å². The van der Waals surface area contributed by atoms with Gasteiger partial charge in [-0.3, -0.25) is 14.9 Å². The van der Waals surface area contributed by atoms with Crippen LogP contribution in [0, 0.1) is 0 Å². The fraction of sp³-hybridized carbons (Fsp3) is 0.615. The maximum atomic E-state index is 12.5. The Kier molecular flexibility index (Phi) is 11.9. The van der Waals surface area contributed by atoms with Crippen molar-refractivity contribution < 1.29 is 43.2 Å². The van der Waals surface area contributed by atoms with Crippen molar-refractivity contribution in [3.63, 3.8) is 0 Å². The van der Waals surface area contributed by atoms with E-state index in [9.17, 15) is 24.3 Å². The lowest BCUT2D eigenvalue weighted by atomic mass is 10.00. The molecule has 10 nitrogen and oxygen atoms in total. The van der Waals surface area contributed by atoms with Crippen LogP contribution in [0.4, 0.5) is 4.79 Å². The summed E-state index contributed by atoms with van der Waals surface area (Å²) in [4.78, 5) is 49.2. The van der Waals surface area contributed by atoms with Crippen LogP contribution in [-0.4, -0.2) is 46.5 Å². The molecule has 1 aromatic rings. The van der Waals surface area contributed by atoms with Gasteiger partial charge in [-0.15, -0.1) is 0 Å². The fourth-order valence-corrected chi connectivity index (χ4v) is 3.08. The van der Waals surface area contributed by atoms with Crippen molar-refractivity contribution in [2.24, 2.45) is 0 Å². The van der Waals surface area contributed by atoms with Gasteiger partial charge >= 0.3 is 24.1 Å². The molecule has 0 radical (unpaired) electrons. The molecule has 0 saturated heterocycles. The Morgan fingerprint density at radius 3 is 1.94 bits per heavy atom. The molecular formula is C26H39NO9. The van der Waals surface area contributed by atoms with Crippen LogP contribution < -0.4 is 14.8 Å². The van der Waals surface area contributed by atoms with Gasteiger partial charge < -0.3 is 24.1 Å². The molecule has 0 heterocycles. The zero-order valence-corrected chi connectivity index (χ0v) is 22.3. The lowest BCUT2D eigenvalue weighted by Gasteiger charge is -2.33. The Labute approximate surface area is 212 Å². The molecule has 2 atom stereocenters. The minimum Gasteiger partial charge on any atom is -0.477 e. The molecule has 0 amide bonds. The van der Waals surface area contributed by atoms with Crippen LogP contribution in [0.5, 0.6) is 11.5 Å². The average Bonchev–Trinajstić information content (AvgIpc) is 2.74. The maximum Gasteiger partial charge on any atom is 0.511 e. The second-order valence-electron chi connectivity index (χ2n) is 9.56.